The molecular formula is C8H15NS. The Balaban J connectivity index is 2.24. The predicted molar refractivity (Wildman–Crippen MR) is 48.3 cm³/mol. The van der Waals surface area contributed by atoms with Gasteiger partial charge in [0.25, 0.3) is 0 Å². The molecule has 0 amide bonds. The van der Waals surface area contributed by atoms with Crippen molar-refractivity contribution >= 4 is 11.8 Å². The summed E-state index contributed by atoms with van der Waals surface area (Å²) in [6.45, 7) is 9.48. The maximum Gasteiger partial charge on any atom is 0.0277 e. The lowest BCUT2D eigenvalue weighted by molar-refractivity contribution is 0.910. The second kappa shape index (κ2) is 3.33. The van der Waals surface area contributed by atoms with E-state index in [9.17, 15) is 0 Å². The van der Waals surface area contributed by atoms with E-state index in [-0.39, 0.29) is 0 Å². The summed E-state index contributed by atoms with van der Waals surface area (Å²) in [5.74, 6) is 0. The van der Waals surface area contributed by atoms with Crippen LogP contribution in [0.25, 0.3) is 0 Å². The van der Waals surface area contributed by atoms with Gasteiger partial charge in [0, 0.05) is 23.9 Å². The van der Waals surface area contributed by atoms with Gasteiger partial charge in [-0.15, -0.1) is 0 Å². The molecule has 0 aromatic rings. The lowest BCUT2D eigenvalue weighted by Gasteiger charge is -2.09. The molecule has 58 valence electrons. The maximum absolute atomic E-state index is 3.89. The molecule has 2 heteroatoms. The Morgan fingerprint density at radius 2 is 2.40 bits per heavy atom. The average Bonchev–Trinajstić information content (AvgIpc) is 2.13. The Morgan fingerprint density at radius 1 is 1.70 bits per heavy atom. The number of thioether (sulfide) groups is 1. The van der Waals surface area contributed by atoms with E-state index in [1.54, 1.807) is 0 Å². The van der Waals surface area contributed by atoms with Gasteiger partial charge in [-0.3, -0.25) is 0 Å². The average molecular weight is 157 g/mol. The van der Waals surface area contributed by atoms with Gasteiger partial charge in [0.2, 0.25) is 0 Å². The molecule has 1 aliphatic rings. The second-order valence-corrected chi connectivity index (χ2v) is 4.88. The van der Waals surface area contributed by atoms with E-state index in [1.165, 1.54) is 5.70 Å². The molecule has 1 rings (SSSR count). The highest BCUT2D eigenvalue weighted by Crippen LogP contribution is 2.25. The van der Waals surface area contributed by atoms with Crippen molar-refractivity contribution in [1.82, 2.24) is 5.32 Å². The van der Waals surface area contributed by atoms with Crippen LogP contribution in [-0.2, 0) is 0 Å². The zero-order valence-corrected chi connectivity index (χ0v) is 7.50. The second-order valence-electron chi connectivity index (χ2n) is 3.00. The molecule has 0 spiro atoms. The minimum Gasteiger partial charge on any atom is -0.388 e. The molecule has 0 radical (unpaired) electrons. The lowest BCUT2D eigenvalue weighted by Crippen LogP contribution is -2.11. The van der Waals surface area contributed by atoms with Gasteiger partial charge in [-0.25, -0.2) is 0 Å². The number of allylic oxidation sites excluding steroid dienone is 1. The fourth-order valence-electron chi connectivity index (χ4n) is 1.16. The van der Waals surface area contributed by atoms with Gasteiger partial charge >= 0.3 is 0 Å². The van der Waals surface area contributed by atoms with E-state index in [2.05, 4.69) is 25.7 Å². The molecule has 0 saturated carbocycles. The number of nitrogens with one attached hydrogen (secondary N) is 1. The Morgan fingerprint density at radius 3 is 2.80 bits per heavy atom. The Labute approximate surface area is 67.3 Å². The number of rotatable bonds is 2. The molecule has 0 aliphatic carbocycles. The van der Waals surface area contributed by atoms with Crippen LogP contribution in [0.3, 0.4) is 0 Å². The summed E-state index contributed by atoms with van der Waals surface area (Å²) in [5.41, 5.74) is 1.21. The molecular weight excluding hydrogens is 142 g/mol. The predicted octanol–water partition coefficient (Wildman–Crippen LogP) is 2.00. The topological polar surface area (TPSA) is 12.0 Å². The van der Waals surface area contributed by atoms with Crippen molar-refractivity contribution in [2.45, 2.75) is 30.8 Å². The standard InChI is InChI=1S/C8H15NS/c1-6(2)10-8-4-7(3)9-5-8/h6,8-9H,3-5H2,1-2H3. The fourth-order valence-corrected chi connectivity index (χ4v) is 2.41. The summed E-state index contributed by atoms with van der Waals surface area (Å²) in [5, 5.41) is 4.78. The van der Waals surface area contributed by atoms with Crippen LogP contribution in [0, 0.1) is 0 Å². The van der Waals surface area contributed by atoms with Crippen LogP contribution in [0.2, 0.25) is 0 Å². The first-order valence-electron chi connectivity index (χ1n) is 3.75. The van der Waals surface area contributed by atoms with E-state index < -0.39 is 0 Å². The molecule has 10 heavy (non-hydrogen) atoms. The fraction of sp³-hybridized carbons (Fsp3) is 0.750. The van der Waals surface area contributed by atoms with Gasteiger partial charge in [-0.2, -0.15) is 11.8 Å². The third-order valence-corrected chi connectivity index (χ3v) is 2.78. The van der Waals surface area contributed by atoms with Crippen LogP contribution >= 0.6 is 11.8 Å². The van der Waals surface area contributed by atoms with E-state index >= 15 is 0 Å². The van der Waals surface area contributed by atoms with E-state index in [1.807, 2.05) is 11.8 Å². The summed E-state index contributed by atoms with van der Waals surface area (Å²) >= 11 is 2.04. The summed E-state index contributed by atoms with van der Waals surface area (Å²) in [7, 11) is 0. The monoisotopic (exact) mass is 157 g/mol. The largest absolute Gasteiger partial charge is 0.388 e. The highest BCUT2D eigenvalue weighted by atomic mass is 32.2. The van der Waals surface area contributed by atoms with Gasteiger partial charge in [0.1, 0.15) is 0 Å². The van der Waals surface area contributed by atoms with Crippen molar-refractivity contribution in [3.63, 3.8) is 0 Å². The normalized spacial score (nSPS) is 25.5. The van der Waals surface area contributed by atoms with Gasteiger partial charge in [-0.05, 0) is 5.25 Å². The third-order valence-electron chi connectivity index (χ3n) is 1.52. The SMILES string of the molecule is C=C1CC(SC(C)C)CN1. The molecule has 1 unspecified atom stereocenters. The van der Waals surface area contributed by atoms with Crippen molar-refractivity contribution < 1.29 is 0 Å². The Kier molecular flexibility index (Phi) is 2.66. The summed E-state index contributed by atoms with van der Waals surface area (Å²) in [4.78, 5) is 0. The van der Waals surface area contributed by atoms with E-state index in [4.69, 9.17) is 0 Å². The van der Waals surface area contributed by atoms with Crippen LogP contribution in [0.5, 0.6) is 0 Å². The molecule has 1 heterocycles. The van der Waals surface area contributed by atoms with Crippen molar-refractivity contribution in [3.8, 4) is 0 Å². The smallest absolute Gasteiger partial charge is 0.0277 e. The van der Waals surface area contributed by atoms with Crippen LogP contribution < -0.4 is 5.32 Å². The molecule has 1 atom stereocenters. The molecule has 0 aromatic heterocycles. The van der Waals surface area contributed by atoms with Gasteiger partial charge in [-0.1, -0.05) is 20.4 Å². The first-order valence-corrected chi connectivity index (χ1v) is 4.70. The summed E-state index contributed by atoms with van der Waals surface area (Å²) < 4.78 is 0. The summed E-state index contributed by atoms with van der Waals surface area (Å²) in [6, 6.07) is 0. The van der Waals surface area contributed by atoms with Crippen LogP contribution in [0.1, 0.15) is 20.3 Å². The molecule has 0 bridgehead atoms. The minimum absolute atomic E-state index is 0.748. The zero-order valence-electron chi connectivity index (χ0n) is 6.68. The van der Waals surface area contributed by atoms with Crippen molar-refractivity contribution in [3.05, 3.63) is 12.3 Å². The molecule has 1 saturated heterocycles. The lowest BCUT2D eigenvalue weighted by atomic mass is 10.3. The zero-order chi connectivity index (χ0) is 7.56. The quantitative estimate of drug-likeness (QED) is 0.658. The third kappa shape index (κ3) is 2.25. The van der Waals surface area contributed by atoms with Gasteiger partial charge in [0.15, 0.2) is 0 Å². The van der Waals surface area contributed by atoms with Crippen molar-refractivity contribution in [2.24, 2.45) is 0 Å². The minimum atomic E-state index is 0.748. The Hall–Kier alpha value is -0.110. The Bertz CT molecular complexity index is 131. The van der Waals surface area contributed by atoms with Crippen molar-refractivity contribution in [2.75, 3.05) is 6.54 Å². The first-order chi connectivity index (χ1) is 4.68. The van der Waals surface area contributed by atoms with Gasteiger partial charge < -0.3 is 5.32 Å². The van der Waals surface area contributed by atoms with Crippen LogP contribution in [0.4, 0.5) is 0 Å². The number of hydrogen-bond acceptors (Lipinski definition) is 2. The van der Waals surface area contributed by atoms with Crippen LogP contribution in [-0.4, -0.2) is 17.0 Å². The maximum atomic E-state index is 3.89. The highest BCUT2D eigenvalue weighted by molar-refractivity contribution is 8.00. The molecule has 1 nitrogen and oxygen atoms in total. The summed E-state index contributed by atoms with van der Waals surface area (Å²) in [6.07, 6.45) is 1.16. The molecule has 0 aromatic carbocycles. The first kappa shape index (κ1) is 7.99. The molecule has 1 aliphatic heterocycles. The van der Waals surface area contributed by atoms with E-state index in [0.717, 1.165) is 23.5 Å². The highest BCUT2D eigenvalue weighted by Gasteiger charge is 2.18. The molecule has 1 N–H and O–H groups in total. The molecule has 1 fully saturated rings. The number of hydrogen-bond donors (Lipinski definition) is 1. The van der Waals surface area contributed by atoms with Crippen LogP contribution in [0.15, 0.2) is 12.3 Å². The van der Waals surface area contributed by atoms with Gasteiger partial charge in [0.05, 0.1) is 0 Å². The van der Waals surface area contributed by atoms with E-state index in [0.29, 0.717) is 0 Å². The van der Waals surface area contributed by atoms with Crippen molar-refractivity contribution in [1.29, 1.82) is 0 Å².